The summed E-state index contributed by atoms with van der Waals surface area (Å²) in [5.74, 6) is 0. The molecule has 0 unspecified atom stereocenters. The fourth-order valence-corrected chi connectivity index (χ4v) is 3.32. The molecule has 0 spiro atoms. The van der Waals surface area contributed by atoms with Crippen molar-refractivity contribution in [3.63, 3.8) is 0 Å². The molecular formula is C14H24Cl2Si2. The third kappa shape index (κ3) is 5.08. The highest BCUT2D eigenvalue weighted by Crippen LogP contribution is 2.34. The first-order valence-electron chi connectivity index (χ1n) is 6.48. The standard InChI is InChI=1S/C14H24Cl2Si2/c1-13(2,17-15)9-11-7-5-6-8-12(11)10-14(3,4)18-16/h5-8H,9-10,17-18H2,1-4H3. The molecule has 0 amide bonds. The summed E-state index contributed by atoms with van der Waals surface area (Å²) in [6, 6.07) is 8.78. The van der Waals surface area contributed by atoms with Gasteiger partial charge in [-0.1, -0.05) is 52.0 Å². The molecule has 0 aliphatic rings. The average molecular weight is 319 g/mol. The van der Waals surface area contributed by atoms with Crippen LogP contribution in [0.15, 0.2) is 24.3 Å². The van der Waals surface area contributed by atoms with Gasteiger partial charge in [-0.25, -0.2) is 0 Å². The van der Waals surface area contributed by atoms with Crippen molar-refractivity contribution in [1.82, 2.24) is 0 Å². The second kappa shape index (κ2) is 6.60. The van der Waals surface area contributed by atoms with E-state index >= 15 is 0 Å². The largest absolute Gasteiger partial charge is 0.176 e. The Kier molecular flexibility index (Phi) is 5.97. The van der Waals surface area contributed by atoms with Crippen LogP contribution in [0.1, 0.15) is 38.8 Å². The highest BCUT2D eigenvalue weighted by Gasteiger charge is 2.23. The molecule has 0 radical (unpaired) electrons. The number of benzene rings is 1. The zero-order valence-corrected chi connectivity index (χ0v) is 16.2. The van der Waals surface area contributed by atoms with E-state index in [1.54, 1.807) is 0 Å². The van der Waals surface area contributed by atoms with Gasteiger partial charge in [0.1, 0.15) is 17.7 Å². The molecule has 1 aromatic rings. The van der Waals surface area contributed by atoms with Crippen molar-refractivity contribution < 1.29 is 0 Å². The predicted octanol–water partition coefficient (Wildman–Crippen LogP) is 3.81. The van der Waals surface area contributed by atoms with E-state index in [4.69, 9.17) is 22.2 Å². The minimum absolute atomic E-state index is 0.292. The minimum Gasteiger partial charge on any atom is -0.176 e. The lowest BCUT2D eigenvalue weighted by molar-refractivity contribution is 0.640. The zero-order valence-electron chi connectivity index (χ0n) is 11.9. The fourth-order valence-electron chi connectivity index (χ4n) is 2.03. The second-order valence-corrected chi connectivity index (χ2v) is 12.7. The molecule has 1 rings (SSSR count). The van der Waals surface area contributed by atoms with E-state index in [-0.39, 0.29) is 0 Å². The first kappa shape index (κ1) is 16.3. The van der Waals surface area contributed by atoms with Gasteiger partial charge in [-0.2, -0.15) is 22.2 Å². The SMILES string of the molecule is CC(C)(Cc1ccccc1CC(C)(C)[SiH2]Cl)[SiH2]Cl. The Bertz CT molecular complexity index is 352. The lowest BCUT2D eigenvalue weighted by atomic mass is 9.92. The smallest absolute Gasteiger partial charge is 0.131 e. The number of halogens is 2. The molecule has 0 aromatic heterocycles. The highest BCUT2D eigenvalue weighted by atomic mass is 35.6. The van der Waals surface area contributed by atoms with Gasteiger partial charge in [-0.3, -0.25) is 0 Å². The highest BCUT2D eigenvalue weighted by molar-refractivity contribution is 6.95. The molecule has 0 saturated heterocycles. The van der Waals surface area contributed by atoms with Crippen LogP contribution in [0.5, 0.6) is 0 Å². The Morgan fingerprint density at radius 3 is 1.44 bits per heavy atom. The van der Waals surface area contributed by atoms with Crippen LogP contribution in [0.25, 0.3) is 0 Å². The quantitative estimate of drug-likeness (QED) is 0.552. The maximum atomic E-state index is 6.18. The summed E-state index contributed by atoms with van der Waals surface area (Å²) in [5.41, 5.74) is 2.92. The molecule has 0 fully saturated rings. The maximum absolute atomic E-state index is 6.18. The lowest BCUT2D eigenvalue weighted by Gasteiger charge is -2.26. The van der Waals surface area contributed by atoms with Gasteiger partial charge < -0.3 is 0 Å². The summed E-state index contributed by atoms with van der Waals surface area (Å²) in [6.45, 7) is 9.13. The van der Waals surface area contributed by atoms with Crippen LogP contribution in [-0.2, 0) is 12.8 Å². The van der Waals surface area contributed by atoms with E-state index in [2.05, 4.69) is 52.0 Å². The lowest BCUT2D eigenvalue weighted by Crippen LogP contribution is -2.16. The Morgan fingerprint density at radius 2 is 1.17 bits per heavy atom. The number of rotatable bonds is 6. The van der Waals surface area contributed by atoms with Gasteiger partial charge in [0, 0.05) is 0 Å². The van der Waals surface area contributed by atoms with Crippen molar-refractivity contribution in [1.29, 1.82) is 0 Å². The first-order valence-corrected chi connectivity index (χ1v) is 12.2. The minimum atomic E-state index is -0.510. The van der Waals surface area contributed by atoms with Crippen LogP contribution < -0.4 is 0 Å². The molecule has 0 bridgehead atoms. The maximum Gasteiger partial charge on any atom is 0.131 e. The molecule has 102 valence electrons. The van der Waals surface area contributed by atoms with Crippen LogP contribution in [0.3, 0.4) is 0 Å². The Morgan fingerprint density at radius 1 is 0.833 bits per heavy atom. The third-order valence-electron chi connectivity index (χ3n) is 3.18. The third-order valence-corrected chi connectivity index (χ3v) is 9.47. The van der Waals surface area contributed by atoms with Gasteiger partial charge in [-0.05, 0) is 34.0 Å². The molecule has 0 N–H and O–H groups in total. The average Bonchev–Trinajstić information content (AvgIpc) is 2.31. The molecule has 0 atom stereocenters. The summed E-state index contributed by atoms with van der Waals surface area (Å²) < 4.78 is 0. The monoisotopic (exact) mass is 318 g/mol. The molecule has 1 aromatic carbocycles. The van der Waals surface area contributed by atoms with E-state index in [1.165, 1.54) is 11.1 Å². The van der Waals surface area contributed by atoms with E-state index in [9.17, 15) is 0 Å². The van der Waals surface area contributed by atoms with E-state index in [1.807, 2.05) is 0 Å². The molecular weight excluding hydrogens is 295 g/mol. The molecule has 0 nitrogen and oxygen atoms in total. The summed E-state index contributed by atoms with van der Waals surface area (Å²) in [6.07, 6.45) is 2.19. The van der Waals surface area contributed by atoms with Crippen LogP contribution >= 0.6 is 22.2 Å². The van der Waals surface area contributed by atoms with Gasteiger partial charge >= 0.3 is 0 Å². The van der Waals surface area contributed by atoms with E-state index in [0.29, 0.717) is 10.1 Å². The molecule has 18 heavy (non-hydrogen) atoms. The van der Waals surface area contributed by atoms with Crippen molar-refractivity contribution >= 4 is 39.8 Å². The fraction of sp³-hybridized carbons (Fsp3) is 0.571. The van der Waals surface area contributed by atoms with Crippen LogP contribution in [0.4, 0.5) is 0 Å². The first-order chi connectivity index (χ1) is 8.29. The Balaban J connectivity index is 2.93. The predicted molar refractivity (Wildman–Crippen MR) is 90.7 cm³/mol. The van der Waals surface area contributed by atoms with Gasteiger partial charge in [0.2, 0.25) is 0 Å². The van der Waals surface area contributed by atoms with Crippen molar-refractivity contribution in [3.05, 3.63) is 35.4 Å². The van der Waals surface area contributed by atoms with Gasteiger partial charge in [-0.15, -0.1) is 0 Å². The van der Waals surface area contributed by atoms with Gasteiger partial charge in [0.25, 0.3) is 0 Å². The van der Waals surface area contributed by atoms with Crippen LogP contribution in [0, 0.1) is 0 Å². The van der Waals surface area contributed by atoms with E-state index in [0.717, 1.165) is 12.8 Å². The zero-order chi connectivity index (χ0) is 13.8. The second-order valence-electron chi connectivity index (χ2n) is 6.72. The number of hydrogen-bond acceptors (Lipinski definition) is 0. The topological polar surface area (TPSA) is 0 Å². The van der Waals surface area contributed by atoms with Crippen molar-refractivity contribution in [2.75, 3.05) is 0 Å². The Labute approximate surface area is 126 Å². The summed E-state index contributed by atoms with van der Waals surface area (Å²) in [5, 5.41) is 0.584. The normalized spacial score (nSPS) is 14.1. The van der Waals surface area contributed by atoms with Crippen LogP contribution in [-0.4, -0.2) is 17.7 Å². The molecule has 0 aliphatic heterocycles. The van der Waals surface area contributed by atoms with Crippen molar-refractivity contribution in [2.24, 2.45) is 0 Å². The molecule has 4 heteroatoms. The molecule has 0 saturated carbocycles. The summed E-state index contributed by atoms with van der Waals surface area (Å²) in [4.78, 5) is 0. The molecule has 0 aliphatic carbocycles. The van der Waals surface area contributed by atoms with Crippen molar-refractivity contribution in [3.8, 4) is 0 Å². The van der Waals surface area contributed by atoms with Crippen LogP contribution in [0.2, 0.25) is 10.1 Å². The van der Waals surface area contributed by atoms with E-state index < -0.39 is 17.7 Å². The van der Waals surface area contributed by atoms with Gasteiger partial charge in [0.15, 0.2) is 0 Å². The number of hydrogen-bond donors (Lipinski definition) is 0. The molecule has 0 heterocycles. The van der Waals surface area contributed by atoms with Crippen molar-refractivity contribution in [2.45, 2.75) is 50.6 Å². The summed E-state index contributed by atoms with van der Waals surface area (Å²) >= 11 is 12.4. The Hall–Kier alpha value is 0.234. The van der Waals surface area contributed by atoms with Gasteiger partial charge in [0.05, 0.1) is 0 Å². The summed E-state index contributed by atoms with van der Waals surface area (Å²) in [7, 11) is -1.02.